The van der Waals surface area contributed by atoms with E-state index < -0.39 is 0 Å². The summed E-state index contributed by atoms with van der Waals surface area (Å²) in [5.41, 5.74) is 4.52. The highest BCUT2D eigenvalue weighted by Crippen LogP contribution is 2.27. The van der Waals surface area contributed by atoms with E-state index in [0.717, 1.165) is 23.2 Å². The number of nitrogens with zero attached hydrogens (tertiary/aromatic N) is 2. The lowest BCUT2D eigenvalue weighted by molar-refractivity contribution is -0.121. The van der Waals surface area contributed by atoms with Crippen molar-refractivity contribution in [3.05, 3.63) is 65.6 Å². The highest BCUT2D eigenvalue weighted by Gasteiger charge is 2.23. The van der Waals surface area contributed by atoms with Gasteiger partial charge in [0.25, 0.3) is 0 Å². The van der Waals surface area contributed by atoms with Crippen LogP contribution in [0.25, 0.3) is 10.9 Å². The van der Waals surface area contributed by atoms with Crippen molar-refractivity contribution in [3.63, 3.8) is 0 Å². The van der Waals surface area contributed by atoms with Crippen LogP contribution in [0.3, 0.4) is 0 Å². The van der Waals surface area contributed by atoms with Crippen molar-refractivity contribution in [1.29, 1.82) is 0 Å². The average Bonchev–Trinajstić information content (AvgIpc) is 3.13. The minimum absolute atomic E-state index is 0.0243. The smallest absolute Gasteiger partial charge is 0.317 e. The van der Waals surface area contributed by atoms with Gasteiger partial charge in [0.1, 0.15) is 0 Å². The lowest BCUT2D eigenvalue weighted by atomic mass is 10.0. The second-order valence-electron chi connectivity index (χ2n) is 7.27. The maximum Gasteiger partial charge on any atom is 0.317 e. The van der Waals surface area contributed by atoms with Crippen molar-refractivity contribution in [2.45, 2.75) is 32.4 Å². The van der Waals surface area contributed by atoms with Crippen LogP contribution < -0.4 is 10.6 Å². The molecule has 2 aromatic heterocycles. The van der Waals surface area contributed by atoms with Crippen molar-refractivity contribution in [1.82, 2.24) is 25.5 Å². The van der Waals surface area contributed by atoms with Crippen LogP contribution in [0.15, 0.2) is 48.8 Å². The first-order valence-corrected chi connectivity index (χ1v) is 9.97. The second kappa shape index (κ2) is 8.77. The molecule has 7 heteroatoms. The molecule has 3 amide bonds. The third kappa shape index (κ3) is 4.56. The number of fused-ring (bicyclic) bond motifs is 3. The Morgan fingerprint density at radius 2 is 2.03 bits per heavy atom. The van der Waals surface area contributed by atoms with Crippen LogP contribution in [0.2, 0.25) is 0 Å². The lowest BCUT2D eigenvalue weighted by Gasteiger charge is -2.27. The molecule has 4 rings (SSSR count). The first-order valence-electron chi connectivity index (χ1n) is 9.97. The number of aromatic amines is 1. The maximum atomic E-state index is 12.5. The number of carbonyl (C=O) groups excluding carboxylic acids is 2. The fourth-order valence-corrected chi connectivity index (χ4v) is 3.71. The Bertz CT molecular complexity index is 999. The minimum atomic E-state index is -0.0786. The highest BCUT2D eigenvalue weighted by atomic mass is 16.2. The van der Waals surface area contributed by atoms with E-state index in [1.54, 1.807) is 12.4 Å². The number of para-hydroxylation sites is 1. The zero-order valence-electron chi connectivity index (χ0n) is 16.3. The van der Waals surface area contributed by atoms with Gasteiger partial charge in [0, 0.05) is 55.0 Å². The Balaban J connectivity index is 1.19. The molecule has 0 fully saturated rings. The van der Waals surface area contributed by atoms with E-state index in [0.29, 0.717) is 39.0 Å². The summed E-state index contributed by atoms with van der Waals surface area (Å²) in [4.78, 5) is 33.7. The normalized spacial score (nSPS) is 13.2. The molecule has 3 aromatic rings. The van der Waals surface area contributed by atoms with Crippen LogP contribution in [-0.4, -0.2) is 39.9 Å². The third-order valence-electron chi connectivity index (χ3n) is 5.24. The van der Waals surface area contributed by atoms with Crippen molar-refractivity contribution in [2.75, 3.05) is 13.1 Å². The molecule has 0 saturated heterocycles. The molecule has 0 atom stereocenters. The Morgan fingerprint density at radius 3 is 2.90 bits per heavy atom. The van der Waals surface area contributed by atoms with Crippen LogP contribution in [0.4, 0.5) is 4.79 Å². The number of urea groups is 1. The van der Waals surface area contributed by atoms with Crippen LogP contribution in [0, 0.1) is 0 Å². The number of H-pyrrole nitrogens is 1. The number of nitrogens with one attached hydrogen (secondary N) is 3. The molecular formula is C22H25N5O2. The topological polar surface area (TPSA) is 90.1 Å². The van der Waals surface area contributed by atoms with E-state index in [-0.39, 0.29) is 11.9 Å². The predicted molar refractivity (Wildman–Crippen MR) is 111 cm³/mol. The second-order valence-corrected chi connectivity index (χ2v) is 7.27. The summed E-state index contributed by atoms with van der Waals surface area (Å²) in [6.45, 7) is 2.24. The first kappa shape index (κ1) is 19.0. The van der Waals surface area contributed by atoms with Gasteiger partial charge in [-0.3, -0.25) is 9.78 Å². The zero-order chi connectivity index (χ0) is 20.1. The number of aromatic nitrogens is 2. The Kier molecular flexibility index (Phi) is 5.74. The molecule has 0 bridgehead atoms. The van der Waals surface area contributed by atoms with Gasteiger partial charge in [0.2, 0.25) is 5.91 Å². The Labute approximate surface area is 169 Å². The number of carbonyl (C=O) groups is 2. The predicted octanol–water partition coefficient (Wildman–Crippen LogP) is 2.73. The number of hydrogen-bond donors (Lipinski definition) is 3. The van der Waals surface area contributed by atoms with Gasteiger partial charge in [-0.05, 0) is 36.1 Å². The van der Waals surface area contributed by atoms with Crippen molar-refractivity contribution < 1.29 is 9.59 Å². The molecule has 150 valence electrons. The van der Waals surface area contributed by atoms with Gasteiger partial charge < -0.3 is 20.5 Å². The zero-order valence-corrected chi connectivity index (χ0v) is 16.3. The van der Waals surface area contributed by atoms with Crippen LogP contribution in [0.5, 0.6) is 0 Å². The number of amides is 3. The monoisotopic (exact) mass is 391 g/mol. The lowest BCUT2D eigenvalue weighted by Crippen LogP contribution is -2.43. The van der Waals surface area contributed by atoms with Gasteiger partial charge in [-0.15, -0.1) is 0 Å². The van der Waals surface area contributed by atoms with Gasteiger partial charge in [-0.1, -0.05) is 24.3 Å². The number of benzene rings is 1. The van der Waals surface area contributed by atoms with E-state index in [4.69, 9.17) is 0 Å². The van der Waals surface area contributed by atoms with Crippen molar-refractivity contribution in [3.8, 4) is 0 Å². The van der Waals surface area contributed by atoms with Gasteiger partial charge in [0.15, 0.2) is 0 Å². The van der Waals surface area contributed by atoms with Gasteiger partial charge in [-0.25, -0.2) is 4.79 Å². The molecule has 0 spiro atoms. The molecule has 0 aliphatic carbocycles. The molecule has 0 saturated carbocycles. The Hall–Kier alpha value is -3.35. The number of pyridine rings is 1. The third-order valence-corrected chi connectivity index (χ3v) is 5.24. The van der Waals surface area contributed by atoms with Crippen molar-refractivity contribution in [2.24, 2.45) is 0 Å². The molecule has 3 heterocycles. The molecule has 1 aromatic carbocycles. The first-order chi connectivity index (χ1) is 14.2. The van der Waals surface area contributed by atoms with Crippen LogP contribution in [-0.2, 0) is 24.3 Å². The van der Waals surface area contributed by atoms with Gasteiger partial charge in [-0.2, -0.15) is 0 Å². The molecule has 0 unspecified atom stereocenters. The van der Waals surface area contributed by atoms with Gasteiger partial charge in [0.05, 0.1) is 6.54 Å². The van der Waals surface area contributed by atoms with E-state index >= 15 is 0 Å². The number of hydrogen-bond acceptors (Lipinski definition) is 3. The number of rotatable bonds is 6. The minimum Gasteiger partial charge on any atom is -0.357 e. The summed E-state index contributed by atoms with van der Waals surface area (Å²) in [5, 5.41) is 7.05. The molecule has 7 nitrogen and oxygen atoms in total. The molecule has 29 heavy (non-hydrogen) atoms. The van der Waals surface area contributed by atoms with Crippen LogP contribution >= 0.6 is 0 Å². The fourth-order valence-electron chi connectivity index (χ4n) is 3.71. The van der Waals surface area contributed by atoms with E-state index in [9.17, 15) is 9.59 Å². The summed E-state index contributed by atoms with van der Waals surface area (Å²) < 4.78 is 0. The van der Waals surface area contributed by atoms with E-state index in [1.165, 1.54) is 10.9 Å². The largest absolute Gasteiger partial charge is 0.357 e. The maximum absolute atomic E-state index is 12.5. The SMILES string of the molecule is O=C(CCCNC(=O)N1CCc2c([nH]c3ccccc23)C1)NCc1cccnc1. The molecule has 0 radical (unpaired) electrons. The molecule has 1 aliphatic heterocycles. The highest BCUT2D eigenvalue weighted by molar-refractivity contribution is 5.85. The van der Waals surface area contributed by atoms with E-state index in [2.05, 4.69) is 32.7 Å². The van der Waals surface area contributed by atoms with E-state index in [1.807, 2.05) is 29.2 Å². The Morgan fingerprint density at radius 1 is 1.14 bits per heavy atom. The average molecular weight is 391 g/mol. The fraction of sp³-hybridized carbons (Fsp3) is 0.318. The quantitative estimate of drug-likeness (QED) is 0.565. The summed E-state index contributed by atoms with van der Waals surface area (Å²) in [7, 11) is 0. The summed E-state index contributed by atoms with van der Waals surface area (Å²) in [6.07, 6.45) is 5.28. The summed E-state index contributed by atoms with van der Waals surface area (Å²) in [6, 6.07) is 11.9. The molecule has 3 N–H and O–H groups in total. The van der Waals surface area contributed by atoms with Gasteiger partial charge >= 0.3 is 6.03 Å². The summed E-state index contributed by atoms with van der Waals surface area (Å²) >= 11 is 0. The molecular weight excluding hydrogens is 366 g/mol. The van der Waals surface area contributed by atoms with Crippen molar-refractivity contribution >= 4 is 22.8 Å². The van der Waals surface area contributed by atoms with Crippen LogP contribution in [0.1, 0.15) is 29.7 Å². The molecule has 1 aliphatic rings. The standard InChI is InChI=1S/C22H25N5O2/c28-21(25-14-16-5-3-10-23-13-16)8-4-11-24-22(29)27-12-9-18-17-6-1-2-7-19(17)26-20(18)15-27/h1-3,5-7,10,13,26H,4,8-9,11-12,14-15H2,(H,24,29)(H,25,28). The summed E-state index contributed by atoms with van der Waals surface area (Å²) in [5.74, 6) is -0.0243.